The van der Waals surface area contributed by atoms with E-state index in [1.54, 1.807) is 0 Å². The van der Waals surface area contributed by atoms with Gasteiger partial charge in [-0.15, -0.1) is 0 Å². The third kappa shape index (κ3) is 5.12. The zero-order chi connectivity index (χ0) is 7.82. The first kappa shape index (κ1) is 10.3. The van der Waals surface area contributed by atoms with Crippen LogP contribution >= 0.6 is 7.92 Å². The van der Waals surface area contributed by atoms with E-state index in [4.69, 9.17) is 15.3 Å². The summed E-state index contributed by atoms with van der Waals surface area (Å²) >= 11 is 0. The molecular weight excluding hydrogens is 151 g/mol. The lowest BCUT2D eigenvalue weighted by atomic mass is 10.8. The molecule has 3 N–H and O–H groups in total. The summed E-state index contributed by atoms with van der Waals surface area (Å²) in [6, 6.07) is 0. The summed E-state index contributed by atoms with van der Waals surface area (Å²) in [5.74, 6) is 0. The summed E-state index contributed by atoms with van der Waals surface area (Å²) in [4.78, 5) is 0. The Morgan fingerprint density at radius 1 is 0.700 bits per heavy atom. The minimum Gasteiger partial charge on any atom is -0.396 e. The van der Waals surface area contributed by atoms with Crippen LogP contribution in [-0.2, 0) is 0 Å². The van der Waals surface area contributed by atoms with Gasteiger partial charge in [0.1, 0.15) is 0 Å². The molecule has 0 aromatic heterocycles. The average Bonchev–Trinajstić information content (AvgIpc) is 1.90. The van der Waals surface area contributed by atoms with E-state index in [2.05, 4.69) is 0 Å². The fraction of sp³-hybridized carbons (Fsp3) is 1.00. The van der Waals surface area contributed by atoms with Crippen LogP contribution in [0.2, 0.25) is 0 Å². The minimum absolute atomic E-state index is 0.172. The quantitative estimate of drug-likeness (QED) is 0.464. The van der Waals surface area contributed by atoms with E-state index in [-0.39, 0.29) is 27.7 Å². The second kappa shape index (κ2) is 7.42. The van der Waals surface area contributed by atoms with Crippen LogP contribution in [0.4, 0.5) is 0 Å². The highest BCUT2D eigenvalue weighted by molar-refractivity contribution is 7.57. The molecule has 0 aliphatic rings. The second-order valence-electron chi connectivity index (χ2n) is 2.01. The average molecular weight is 166 g/mol. The molecule has 0 saturated carbocycles. The molecule has 4 heteroatoms. The zero-order valence-electron chi connectivity index (χ0n) is 6.03. The summed E-state index contributed by atoms with van der Waals surface area (Å²) in [6.07, 6.45) is 2.24. The van der Waals surface area contributed by atoms with Gasteiger partial charge in [0.25, 0.3) is 0 Å². The van der Waals surface area contributed by atoms with Gasteiger partial charge in [-0.05, 0) is 18.5 Å². The zero-order valence-corrected chi connectivity index (χ0v) is 6.93. The monoisotopic (exact) mass is 166 g/mol. The van der Waals surface area contributed by atoms with Crippen LogP contribution < -0.4 is 0 Å². The molecule has 62 valence electrons. The van der Waals surface area contributed by atoms with Crippen molar-refractivity contribution < 1.29 is 15.3 Å². The van der Waals surface area contributed by atoms with E-state index >= 15 is 0 Å². The molecular formula is C6H15O3P. The van der Waals surface area contributed by atoms with Crippen molar-refractivity contribution in [3.8, 4) is 0 Å². The van der Waals surface area contributed by atoms with Crippen molar-refractivity contribution in [2.24, 2.45) is 0 Å². The third-order valence-electron chi connectivity index (χ3n) is 1.25. The fourth-order valence-corrected chi connectivity index (χ4v) is 2.28. The topological polar surface area (TPSA) is 60.7 Å². The van der Waals surface area contributed by atoms with Crippen LogP contribution in [0.15, 0.2) is 0 Å². The van der Waals surface area contributed by atoms with Gasteiger partial charge in [0.15, 0.2) is 0 Å². The lowest BCUT2D eigenvalue weighted by Crippen LogP contribution is -2.03. The molecule has 0 aliphatic carbocycles. The molecule has 0 atom stereocenters. The molecule has 0 unspecified atom stereocenters. The second-order valence-corrected chi connectivity index (χ2v) is 4.70. The summed E-state index contributed by atoms with van der Waals surface area (Å²) in [5, 5.41) is 25.6. The minimum atomic E-state index is -0.311. The van der Waals surface area contributed by atoms with Gasteiger partial charge in [-0.3, -0.25) is 0 Å². The molecule has 0 rings (SSSR count). The predicted octanol–water partition coefficient (Wildman–Crippen LogP) is -0.555. The first-order valence-electron chi connectivity index (χ1n) is 3.40. The Kier molecular flexibility index (Phi) is 7.65. The predicted molar refractivity (Wildman–Crippen MR) is 42.8 cm³/mol. The lowest BCUT2D eigenvalue weighted by molar-refractivity contribution is 0.310. The van der Waals surface area contributed by atoms with E-state index < -0.39 is 0 Å². The van der Waals surface area contributed by atoms with Gasteiger partial charge in [-0.1, -0.05) is 7.92 Å². The normalized spacial score (nSPS) is 10.8. The number of hydrogen-bond donors (Lipinski definition) is 3. The molecule has 0 bridgehead atoms. The molecule has 0 heterocycles. The van der Waals surface area contributed by atoms with Crippen molar-refractivity contribution in [2.45, 2.75) is 0 Å². The van der Waals surface area contributed by atoms with Gasteiger partial charge in [0, 0.05) is 19.8 Å². The van der Waals surface area contributed by atoms with Crippen molar-refractivity contribution in [2.75, 3.05) is 38.3 Å². The maximum Gasteiger partial charge on any atom is 0.0470 e. The Balaban J connectivity index is 3.30. The van der Waals surface area contributed by atoms with Crippen LogP contribution in [0.3, 0.4) is 0 Å². The van der Waals surface area contributed by atoms with Gasteiger partial charge in [0.2, 0.25) is 0 Å². The third-order valence-corrected chi connectivity index (χ3v) is 3.75. The first-order valence-corrected chi connectivity index (χ1v) is 5.29. The molecule has 0 spiro atoms. The Labute approximate surface area is 62.4 Å². The Morgan fingerprint density at radius 2 is 1.00 bits per heavy atom. The SMILES string of the molecule is OCCP(CCO)CCO. The van der Waals surface area contributed by atoms with E-state index in [1.807, 2.05) is 0 Å². The molecule has 0 aromatic rings. The molecule has 10 heavy (non-hydrogen) atoms. The summed E-state index contributed by atoms with van der Waals surface area (Å²) in [5.41, 5.74) is 0. The largest absolute Gasteiger partial charge is 0.396 e. The van der Waals surface area contributed by atoms with Crippen molar-refractivity contribution in [1.82, 2.24) is 0 Å². The molecule has 0 aromatic carbocycles. The van der Waals surface area contributed by atoms with Gasteiger partial charge >= 0.3 is 0 Å². The summed E-state index contributed by atoms with van der Waals surface area (Å²) in [7, 11) is -0.311. The number of aliphatic hydroxyl groups is 3. The van der Waals surface area contributed by atoms with E-state index in [9.17, 15) is 0 Å². The molecule has 0 aliphatic heterocycles. The van der Waals surface area contributed by atoms with E-state index in [0.717, 1.165) is 18.5 Å². The molecule has 0 radical (unpaired) electrons. The fourth-order valence-electron chi connectivity index (χ4n) is 0.760. The van der Waals surface area contributed by atoms with Gasteiger partial charge in [-0.25, -0.2) is 0 Å². The van der Waals surface area contributed by atoms with E-state index in [1.165, 1.54) is 0 Å². The van der Waals surface area contributed by atoms with Crippen molar-refractivity contribution >= 4 is 7.92 Å². The van der Waals surface area contributed by atoms with Gasteiger partial charge in [0.05, 0.1) is 0 Å². The number of rotatable bonds is 6. The molecule has 0 amide bonds. The molecule has 3 nitrogen and oxygen atoms in total. The highest BCUT2D eigenvalue weighted by atomic mass is 31.1. The van der Waals surface area contributed by atoms with Crippen LogP contribution in [0.5, 0.6) is 0 Å². The molecule has 0 fully saturated rings. The molecule has 0 saturated heterocycles. The summed E-state index contributed by atoms with van der Waals surface area (Å²) < 4.78 is 0. The lowest BCUT2D eigenvalue weighted by Gasteiger charge is -2.12. The van der Waals surface area contributed by atoms with Crippen molar-refractivity contribution in [1.29, 1.82) is 0 Å². The van der Waals surface area contributed by atoms with Crippen molar-refractivity contribution in [3.05, 3.63) is 0 Å². The number of hydrogen-bond acceptors (Lipinski definition) is 3. The highest BCUT2D eigenvalue weighted by Gasteiger charge is 2.04. The first-order chi connectivity index (χ1) is 4.85. The maximum absolute atomic E-state index is 8.54. The Bertz CT molecular complexity index is 55.7. The van der Waals surface area contributed by atoms with Crippen LogP contribution in [-0.4, -0.2) is 53.6 Å². The highest BCUT2D eigenvalue weighted by Crippen LogP contribution is 2.32. The summed E-state index contributed by atoms with van der Waals surface area (Å²) in [6.45, 7) is 0.517. The van der Waals surface area contributed by atoms with Crippen LogP contribution in [0.1, 0.15) is 0 Å². The van der Waals surface area contributed by atoms with E-state index in [0.29, 0.717) is 0 Å². The van der Waals surface area contributed by atoms with Crippen LogP contribution in [0.25, 0.3) is 0 Å². The smallest absolute Gasteiger partial charge is 0.0470 e. The maximum atomic E-state index is 8.54. The Hall–Kier alpha value is 0.310. The van der Waals surface area contributed by atoms with Gasteiger partial charge < -0.3 is 15.3 Å². The Morgan fingerprint density at radius 3 is 1.20 bits per heavy atom. The van der Waals surface area contributed by atoms with Crippen LogP contribution in [0, 0.1) is 0 Å². The van der Waals surface area contributed by atoms with Crippen molar-refractivity contribution in [3.63, 3.8) is 0 Å². The standard InChI is InChI=1S/C6H15O3P/c7-1-4-10(5-2-8)6-3-9/h7-9H,1-6H2. The number of aliphatic hydroxyl groups excluding tert-OH is 3. The van der Waals surface area contributed by atoms with Gasteiger partial charge in [-0.2, -0.15) is 0 Å².